The Balaban J connectivity index is 1.90. The smallest absolute Gasteiger partial charge is 0.256 e. The maximum Gasteiger partial charge on any atom is 0.256 e. The first-order chi connectivity index (χ1) is 9.65. The Bertz CT molecular complexity index is 800. The number of nitrogens with one attached hydrogen (secondary N) is 2. The van der Waals surface area contributed by atoms with Crippen LogP contribution in [0.4, 0.5) is 5.82 Å². The molecule has 2 N–H and O–H groups in total. The third-order valence-corrected chi connectivity index (χ3v) is 3.49. The van der Waals surface area contributed by atoms with Gasteiger partial charge in [0.25, 0.3) is 5.91 Å². The van der Waals surface area contributed by atoms with Crippen LogP contribution in [0.1, 0.15) is 10.4 Å². The summed E-state index contributed by atoms with van der Waals surface area (Å²) in [5.74, 6) is 0.183. The van der Waals surface area contributed by atoms with Crippen molar-refractivity contribution in [1.29, 1.82) is 0 Å². The van der Waals surface area contributed by atoms with Gasteiger partial charge in [0.2, 0.25) is 0 Å². The number of anilines is 1. The predicted octanol–water partition coefficient (Wildman–Crippen LogP) is 3.52. The van der Waals surface area contributed by atoms with E-state index in [2.05, 4.69) is 20.5 Å². The van der Waals surface area contributed by atoms with E-state index in [1.165, 1.54) is 6.07 Å². The molecule has 20 heavy (non-hydrogen) atoms. The maximum atomic E-state index is 12.1. The minimum atomic E-state index is -0.307. The molecule has 0 aliphatic rings. The Morgan fingerprint density at radius 1 is 1.20 bits per heavy atom. The van der Waals surface area contributed by atoms with Crippen molar-refractivity contribution in [3.8, 4) is 0 Å². The fourth-order valence-electron chi connectivity index (χ4n) is 1.77. The van der Waals surface area contributed by atoms with Crippen LogP contribution in [0.3, 0.4) is 0 Å². The molecule has 2 aromatic heterocycles. The normalized spacial score (nSPS) is 10.7. The van der Waals surface area contributed by atoms with Crippen LogP contribution in [-0.4, -0.2) is 21.1 Å². The minimum absolute atomic E-state index is 0.307. The van der Waals surface area contributed by atoms with Gasteiger partial charge in [0, 0.05) is 11.8 Å². The zero-order valence-corrected chi connectivity index (χ0v) is 11.5. The molecule has 0 unspecified atom stereocenters. The van der Waals surface area contributed by atoms with Crippen molar-refractivity contribution in [2.75, 3.05) is 5.32 Å². The molecule has 0 atom stereocenters. The molecule has 1 amide bonds. The first-order valence-electron chi connectivity index (χ1n) is 5.70. The van der Waals surface area contributed by atoms with Gasteiger partial charge < -0.3 is 5.32 Å². The number of rotatable bonds is 2. The van der Waals surface area contributed by atoms with Gasteiger partial charge in [0.05, 0.1) is 15.4 Å². The van der Waals surface area contributed by atoms with Gasteiger partial charge in [-0.1, -0.05) is 23.2 Å². The van der Waals surface area contributed by atoms with Gasteiger partial charge in [-0.25, -0.2) is 4.98 Å². The van der Waals surface area contributed by atoms with Gasteiger partial charge in [-0.15, -0.1) is 0 Å². The number of H-pyrrole nitrogens is 1. The molecule has 7 heteroatoms. The van der Waals surface area contributed by atoms with E-state index in [0.717, 1.165) is 5.39 Å². The average Bonchev–Trinajstić information content (AvgIpc) is 2.85. The van der Waals surface area contributed by atoms with Crippen molar-refractivity contribution in [3.63, 3.8) is 0 Å². The van der Waals surface area contributed by atoms with Crippen LogP contribution in [0.5, 0.6) is 0 Å². The highest BCUT2D eigenvalue weighted by Gasteiger charge is 2.12. The molecule has 0 aliphatic heterocycles. The molecular formula is C13H8Cl2N4O. The quantitative estimate of drug-likeness (QED) is 0.761. The second-order valence-corrected chi connectivity index (χ2v) is 4.87. The maximum absolute atomic E-state index is 12.1. The van der Waals surface area contributed by atoms with Gasteiger partial charge in [0.15, 0.2) is 5.65 Å². The summed E-state index contributed by atoms with van der Waals surface area (Å²) in [5.41, 5.74) is 0.947. The van der Waals surface area contributed by atoms with Gasteiger partial charge >= 0.3 is 0 Å². The summed E-state index contributed by atoms with van der Waals surface area (Å²) in [6, 6.07) is 8.27. The summed E-state index contributed by atoms with van der Waals surface area (Å²) in [6.07, 6.45) is 1.63. The third-order valence-electron chi connectivity index (χ3n) is 2.75. The van der Waals surface area contributed by atoms with Crippen LogP contribution >= 0.6 is 23.2 Å². The lowest BCUT2D eigenvalue weighted by Crippen LogP contribution is -2.12. The van der Waals surface area contributed by atoms with Crippen molar-refractivity contribution in [2.45, 2.75) is 0 Å². The number of fused-ring (bicyclic) bond motifs is 1. The second-order valence-electron chi connectivity index (χ2n) is 4.06. The monoisotopic (exact) mass is 306 g/mol. The van der Waals surface area contributed by atoms with Gasteiger partial charge in [-0.3, -0.25) is 9.89 Å². The number of hydrogen-bond donors (Lipinski definition) is 2. The molecule has 100 valence electrons. The van der Waals surface area contributed by atoms with Crippen molar-refractivity contribution in [3.05, 3.63) is 52.1 Å². The van der Waals surface area contributed by atoms with Crippen LogP contribution in [-0.2, 0) is 0 Å². The molecule has 0 saturated carbocycles. The molecule has 1 aromatic carbocycles. The molecule has 2 heterocycles. The van der Waals surface area contributed by atoms with E-state index in [-0.39, 0.29) is 5.91 Å². The first kappa shape index (κ1) is 12.9. The fourth-order valence-corrected chi connectivity index (χ4v) is 2.07. The molecule has 3 aromatic rings. The molecule has 0 fully saturated rings. The summed E-state index contributed by atoms with van der Waals surface area (Å²) in [7, 11) is 0. The molecule has 0 aliphatic carbocycles. The summed E-state index contributed by atoms with van der Waals surface area (Å²) in [4.78, 5) is 16.2. The highest BCUT2D eigenvalue weighted by atomic mass is 35.5. The Morgan fingerprint density at radius 3 is 2.85 bits per heavy atom. The standard InChI is InChI=1S/C13H8Cl2N4O/c14-9-4-3-7(6-10(9)15)13(20)17-12-8-2-1-5-16-11(8)18-19-12/h1-6H,(H2,16,17,18,19,20). The summed E-state index contributed by atoms with van der Waals surface area (Å²) in [5, 5.41) is 10.9. The second kappa shape index (κ2) is 5.11. The van der Waals surface area contributed by atoms with Crippen LogP contribution in [0.2, 0.25) is 10.0 Å². The Labute approximate surface area is 123 Å². The topological polar surface area (TPSA) is 70.7 Å². The zero-order valence-electron chi connectivity index (χ0n) is 10.0. The van der Waals surface area contributed by atoms with Crippen LogP contribution in [0.15, 0.2) is 36.5 Å². The van der Waals surface area contributed by atoms with E-state index in [0.29, 0.717) is 27.1 Å². The number of hydrogen-bond acceptors (Lipinski definition) is 3. The Hall–Kier alpha value is -2.11. The van der Waals surface area contributed by atoms with Crippen LogP contribution < -0.4 is 5.32 Å². The van der Waals surface area contributed by atoms with Crippen molar-refractivity contribution in [2.24, 2.45) is 0 Å². The van der Waals surface area contributed by atoms with Gasteiger partial charge in [0.1, 0.15) is 5.82 Å². The summed E-state index contributed by atoms with van der Waals surface area (Å²) in [6.45, 7) is 0. The van der Waals surface area contributed by atoms with E-state index >= 15 is 0 Å². The van der Waals surface area contributed by atoms with Crippen LogP contribution in [0, 0.1) is 0 Å². The van der Waals surface area contributed by atoms with Crippen molar-refractivity contribution in [1.82, 2.24) is 15.2 Å². The molecule has 0 spiro atoms. The number of aromatic nitrogens is 3. The van der Waals surface area contributed by atoms with Gasteiger partial charge in [-0.05, 0) is 30.3 Å². The highest BCUT2D eigenvalue weighted by Crippen LogP contribution is 2.24. The number of amides is 1. The molecular weight excluding hydrogens is 299 g/mol. The zero-order chi connectivity index (χ0) is 14.1. The Kier molecular flexibility index (Phi) is 3.30. The number of carbonyl (C=O) groups excluding carboxylic acids is 1. The number of benzene rings is 1. The first-order valence-corrected chi connectivity index (χ1v) is 6.46. The van der Waals surface area contributed by atoms with E-state index < -0.39 is 0 Å². The average molecular weight is 307 g/mol. The summed E-state index contributed by atoms with van der Waals surface area (Å²) >= 11 is 11.7. The largest absolute Gasteiger partial charge is 0.306 e. The molecule has 0 radical (unpaired) electrons. The van der Waals surface area contributed by atoms with E-state index in [4.69, 9.17) is 23.2 Å². The number of nitrogens with zero attached hydrogens (tertiary/aromatic N) is 2. The molecule has 5 nitrogen and oxygen atoms in total. The molecule has 0 bridgehead atoms. The van der Waals surface area contributed by atoms with E-state index in [1.807, 2.05) is 6.07 Å². The van der Waals surface area contributed by atoms with Crippen molar-refractivity contribution < 1.29 is 4.79 Å². The number of pyridine rings is 1. The van der Waals surface area contributed by atoms with E-state index in [9.17, 15) is 4.79 Å². The minimum Gasteiger partial charge on any atom is -0.306 e. The van der Waals surface area contributed by atoms with Crippen molar-refractivity contribution >= 4 is 46.0 Å². The lowest BCUT2D eigenvalue weighted by molar-refractivity contribution is 0.102. The lowest BCUT2D eigenvalue weighted by Gasteiger charge is -2.04. The SMILES string of the molecule is O=C(Nc1[nH]nc2ncccc12)c1ccc(Cl)c(Cl)c1. The highest BCUT2D eigenvalue weighted by molar-refractivity contribution is 6.42. The fraction of sp³-hybridized carbons (Fsp3) is 0. The van der Waals surface area contributed by atoms with Crippen LogP contribution in [0.25, 0.3) is 11.0 Å². The summed E-state index contributed by atoms with van der Waals surface area (Å²) < 4.78 is 0. The Morgan fingerprint density at radius 2 is 2.05 bits per heavy atom. The van der Waals surface area contributed by atoms with E-state index in [1.54, 1.807) is 24.4 Å². The predicted molar refractivity (Wildman–Crippen MR) is 78.3 cm³/mol. The molecule has 0 saturated heterocycles. The lowest BCUT2D eigenvalue weighted by atomic mass is 10.2. The number of aromatic amines is 1. The van der Waals surface area contributed by atoms with Gasteiger partial charge in [-0.2, -0.15) is 5.10 Å². The number of carbonyl (C=O) groups is 1. The number of halogens is 2. The molecule has 3 rings (SSSR count). The third kappa shape index (κ3) is 2.33.